The molecule has 0 aromatic heterocycles. The summed E-state index contributed by atoms with van der Waals surface area (Å²) in [7, 11) is -2.07. The number of sulfonamides is 1. The summed E-state index contributed by atoms with van der Waals surface area (Å²) in [4.78, 5) is 29.4. The number of amides is 2. The predicted molar refractivity (Wildman–Crippen MR) is 118 cm³/mol. The molecular weight excluding hydrogens is 418 g/mol. The topological polar surface area (TPSA) is 87.2 Å². The highest BCUT2D eigenvalue weighted by Gasteiger charge is 2.42. The fraction of sp³-hybridized carbons (Fsp3) is 0.364. The van der Waals surface area contributed by atoms with Crippen molar-refractivity contribution >= 4 is 33.2 Å². The number of carbonyl (C=O) groups excluding carboxylic acids is 2. The SMILES string of the molecule is COc1ccccc1N1CCN(C(=O)c2cccc(N3C(=O)[C@@H](C)CS3(=O)=O)c2)CC1. The maximum Gasteiger partial charge on any atom is 0.254 e. The Kier molecular flexibility index (Phi) is 5.62. The van der Waals surface area contributed by atoms with Gasteiger partial charge in [0.2, 0.25) is 15.9 Å². The van der Waals surface area contributed by atoms with Gasteiger partial charge in [0.1, 0.15) is 5.75 Å². The Balaban J connectivity index is 1.49. The van der Waals surface area contributed by atoms with Crippen LogP contribution < -0.4 is 13.9 Å². The number of carbonyl (C=O) groups is 2. The Bertz CT molecular complexity index is 1110. The number of rotatable bonds is 4. The smallest absolute Gasteiger partial charge is 0.254 e. The highest BCUT2D eigenvalue weighted by Crippen LogP contribution is 2.30. The molecule has 0 unspecified atom stereocenters. The first-order valence-electron chi connectivity index (χ1n) is 10.2. The lowest BCUT2D eigenvalue weighted by Crippen LogP contribution is -2.48. The Morgan fingerprint density at radius 1 is 1.03 bits per heavy atom. The lowest BCUT2D eigenvalue weighted by molar-refractivity contribution is -0.119. The highest BCUT2D eigenvalue weighted by atomic mass is 32.2. The van der Waals surface area contributed by atoms with E-state index in [9.17, 15) is 18.0 Å². The van der Waals surface area contributed by atoms with E-state index in [1.165, 1.54) is 6.07 Å². The summed E-state index contributed by atoms with van der Waals surface area (Å²) in [6, 6.07) is 14.1. The standard InChI is InChI=1S/C22H25N3O5S/c1-16-15-31(28,29)25(21(16)26)18-7-5-6-17(14-18)22(27)24-12-10-23(11-13-24)19-8-3-4-9-20(19)30-2/h3-9,14,16H,10-13,15H2,1-2H3/t16-/m0/s1. The molecule has 2 aromatic rings. The number of hydrogen-bond acceptors (Lipinski definition) is 6. The Morgan fingerprint density at radius 2 is 1.74 bits per heavy atom. The van der Waals surface area contributed by atoms with Crippen LogP contribution in [0, 0.1) is 5.92 Å². The van der Waals surface area contributed by atoms with Crippen LogP contribution in [0.25, 0.3) is 0 Å². The van der Waals surface area contributed by atoms with E-state index < -0.39 is 21.8 Å². The second-order valence-corrected chi connectivity index (χ2v) is 9.65. The number of anilines is 2. The molecule has 2 heterocycles. The van der Waals surface area contributed by atoms with Crippen molar-refractivity contribution in [3.63, 3.8) is 0 Å². The zero-order valence-electron chi connectivity index (χ0n) is 17.5. The van der Waals surface area contributed by atoms with Gasteiger partial charge in [0.15, 0.2) is 0 Å². The molecule has 2 aliphatic heterocycles. The van der Waals surface area contributed by atoms with Crippen molar-refractivity contribution in [2.45, 2.75) is 6.92 Å². The Hall–Kier alpha value is -3.07. The maximum atomic E-state index is 13.1. The number of para-hydroxylation sites is 2. The molecular formula is C22H25N3O5S. The van der Waals surface area contributed by atoms with Gasteiger partial charge in [0.05, 0.1) is 30.2 Å². The van der Waals surface area contributed by atoms with Crippen molar-refractivity contribution in [1.29, 1.82) is 0 Å². The van der Waals surface area contributed by atoms with Crippen molar-refractivity contribution in [2.75, 3.05) is 48.2 Å². The van der Waals surface area contributed by atoms with Crippen LogP contribution in [0.5, 0.6) is 5.75 Å². The number of methoxy groups -OCH3 is 1. The second kappa shape index (κ2) is 8.22. The van der Waals surface area contributed by atoms with Gasteiger partial charge in [0.25, 0.3) is 5.91 Å². The van der Waals surface area contributed by atoms with Crippen molar-refractivity contribution in [1.82, 2.24) is 4.90 Å². The molecule has 2 aliphatic rings. The van der Waals surface area contributed by atoms with Gasteiger partial charge in [-0.05, 0) is 30.3 Å². The monoisotopic (exact) mass is 443 g/mol. The van der Waals surface area contributed by atoms with Crippen molar-refractivity contribution in [2.24, 2.45) is 5.92 Å². The molecule has 8 nitrogen and oxygen atoms in total. The van der Waals surface area contributed by atoms with Gasteiger partial charge in [0, 0.05) is 31.7 Å². The van der Waals surface area contributed by atoms with Crippen LogP contribution in [0.2, 0.25) is 0 Å². The molecule has 0 aliphatic carbocycles. The van der Waals surface area contributed by atoms with Gasteiger partial charge in [-0.15, -0.1) is 0 Å². The van der Waals surface area contributed by atoms with Gasteiger partial charge >= 0.3 is 0 Å². The third-order valence-corrected chi connectivity index (χ3v) is 7.55. The van der Waals surface area contributed by atoms with E-state index in [-0.39, 0.29) is 17.3 Å². The minimum atomic E-state index is -3.71. The third kappa shape index (κ3) is 3.97. The van der Waals surface area contributed by atoms with E-state index in [4.69, 9.17) is 4.74 Å². The lowest BCUT2D eigenvalue weighted by atomic mass is 10.1. The number of piperazine rings is 1. The van der Waals surface area contributed by atoms with Gasteiger partial charge in [-0.25, -0.2) is 12.7 Å². The molecule has 0 saturated carbocycles. The second-order valence-electron chi connectivity index (χ2n) is 7.78. The molecule has 2 fully saturated rings. The predicted octanol–water partition coefficient (Wildman–Crippen LogP) is 1.97. The fourth-order valence-corrected chi connectivity index (χ4v) is 5.89. The van der Waals surface area contributed by atoms with Crippen LogP contribution in [0.15, 0.2) is 48.5 Å². The average Bonchev–Trinajstić information content (AvgIpc) is 2.99. The first-order valence-corrected chi connectivity index (χ1v) is 11.8. The van der Waals surface area contributed by atoms with E-state index in [2.05, 4.69) is 4.90 Å². The summed E-state index contributed by atoms with van der Waals surface area (Å²) in [6.07, 6.45) is 0. The Morgan fingerprint density at radius 3 is 2.39 bits per heavy atom. The zero-order chi connectivity index (χ0) is 22.2. The van der Waals surface area contributed by atoms with Crippen molar-refractivity contribution < 1.29 is 22.7 Å². The summed E-state index contributed by atoms with van der Waals surface area (Å²) in [5.74, 6) is -0.656. The van der Waals surface area contributed by atoms with Crippen LogP contribution in [-0.4, -0.2) is 64.2 Å². The molecule has 0 N–H and O–H groups in total. The van der Waals surface area contributed by atoms with Crippen LogP contribution in [0.1, 0.15) is 17.3 Å². The molecule has 4 rings (SSSR count). The van der Waals surface area contributed by atoms with E-state index in [1.807, 2.05) is 24.3 Å². The summed E-state index contributed by atoms with van der Waals surface area (Å²) in [5.41, 5.74) is 1.57. The molecule has 2 saturated heterocycles. The molecule has 1 atom stereocenters. The summed E-state index contributed by atoms with van der Waals surface area (Å²) >= 11 is 0. The Labute approximate surface area is 182 Å². The van der Waals surface area contributed by atoms with Crippen LogP contribution in [-0.2, 0) is 14.8 Å². The van der Waals surface area contributed by atoms with E-state index in [0.717, 1.165) is 15.7 Å². The van der Waals surface area contributed by atoms with Crippen molar-refractivity contribution in [3.05, 3.63) is 54.1 Å². The molecule has 0 bridgehead atoms. The minimum Gasteiger partial charge on any atom is -0.495 e. The van der Waals surface area contributed by atoms with Crippen LogP contribution in [0.3, 0.4) is 0 Å². The van der Waals surface area contributed by atoms with E-state index >= 15 is 0 Å². The molecule has 0 radical (unpaired) electrons. The maximum absolute atomic E-state index is 13.1. The highest BCUT2D eigenvalue weighted by molar-refractivity contribution is 7.94. The first-order chi connectivity index (χ1) is 14.8. The lowest BCUT2D eigenvalue weighted by Gasteiger charge is -2.36. The number of hydrogen-bond donors (Lipinski definition) is 0. The van der Waals surface area contributed by atoms with E-state index in [0.29, 0.717) is 31.7 Å². The molecule has 9 heteroatoms. The zero-order valence-corrected chi connectivity index (χ0v) is 18.3. The normalized spacial score (nSPS) is 20.8. The molecule has 2 aromatic carbocycles. The molecule has 2 amide bonds. The van der Waals surface area contributed by atoms with Crippen LogP contribution >= 0.6 is 0 Å². The minimum absolute atomic E-state index is 0.182. The fourth-order valence-electron chi connectivity index (χ4n) is 4.08. The number of benzene rings is 2. The van der Waals surface area contributed by atoms with Crippen molar-refractivity contribution in [3.8, 4) is 5.75 Å². The summed E-state index contributed by atoms with van der Waals surface area (Å²) < 4.78 is 31.0. The largest absolute Gasteiger partial charge is 0.495 e. The third-order valence-electron chi connectivity index (χ3n) is 5.68. The van der Waals surface area contributed by atoms with Gasteiger partial charge in [-0.2, -0.15) is 0 Å². The number of ether oxygens (including phenoxy) is 1. The quantitative estimate of drug-likeness (QED) is 0.718. The molecule has 164 valence electrons. The average molecular weight is 444 g/mol. The first kappa shape index (κ1) is 21.2. The molecule has 0 spiro atoms. The molecule has 31 heavy (non-hydrogen) atoms. The van der Waals surface area contributed by atoms with Gasteiger partial charge in [-0.3, -0.25) is 9.59 Å². The summed E-state index contributed by atoms with van der Waals surface area (Å²) in [5, 5.41) is 0. The van der Waals surface area contributed by atoms with E-state index in [1.54, 1.807) is 37.1 Å². The van der Waals surface area contributed by atoms with Gasteiger partial charge < -0.3 is 14.5 Å². The number of nitrogens with zero attached hydrogens (tertiary/aromatic N) is 3. The van der Waals surface area contributed by atoms with Crippen LogP contribution in [0.4, 0.5) is 11.4 Å². The van der Waals surface area contributed by atoms with Gasteiger partial charge in [-0.1, -0.05) is 25.1 Å². The summed E-state index contributed by atoms with van der Waals surface area (Å²) in [6.45, 7) is 3.96.